The maximum atomic E-state index is 14.3. The number of rotatable bonds is 3. The van der Waals surface area contributed by atoms with Gasteiger partial charge in [0.25, 0.3) is 0 Å². The molecule has 1 fully saturated rings. The lowest BCUT2D eigenvalue weighted by Crippen LogP contribution is -2.09. The number of aromatic nitrogens is 1. The molecule has 0 saturated heterocycles. The number of anilines is 1. The predicted octanol–water partition coefficient (Wildman–Crippen LogP) is 4.59. The molecule has 1 saturated carbocycles. The molecule has 21 heavy (non-hydrogen) atoms. The second-order valence-electron chi connectivity index (χ2n) is 5.97. The highest BCUT2D eigenvalue weighted by Crippen LogP contribution is 2.29. The Morgan fingerprint density at radius 3 is 2.62 bits per heavy atom. The predicted molar refractivity (Wildman–Crippen MR) is 84.3 cm³/mol. The van der Waals surface area contributed by atoms with Gasteiger partial charge in [-0.15, -0.1) is 0 Å². The molecule has 0 aliphatic heterocycles. The summed E-state index contributed by atoms with van der Waals surface area (Å²) in [7, 11) is 0. The first-order valence-corrected chi connectivity index (χ1v) is 7.74. The molecule has 1 aromatic heterocycles. The van der Waals surface area contributed by atoms with Gasteiger partial charge in [0.05, 0.1) is 5.69 Å². The molecule has 0 spiro atoms. The van der Waals surface area contributed by atoms with Gasteiger partial charge in [-0.05, 0) is 42.2 Å². The number of halogens is 1. The SMILES string of the molecule is Nc1cccc(-c2ccc(CC3CCCCC3)cc2F)n1. The van der Waals surface area contributed by atoms with E-state index in [0.717, 1.165) is 17.9 Å². The van der Waals surface area contributed by atoms with E-state index >= 15 is 0 Å². The zero-order valence-electron chi connectivity index (χ0n) is 12.2. The van der Waals surface area contributed by atoms with Crippen molar-refractivity contribution in [2.24, 2.45) is 5.92 Å². The van der Waals surface area contributed by atoms with Crippen LogP contribution in [0.25, 0.3) is 11.3 Å². The van der Waals surface area contributed by atoms with E-state index in [0.29, 0.717) is 17.1 Å². The van der Waals surface area contributed by atoms with E-state index in [-0.39, 0.29) is 5.82 Å². The van der Waals surface area contributed by atoms with E-state index in [1.807, 2.05) is 12.1 Å². The molecule has 1 aromatic carbocycles. The van der Waals surface area contributed by atoms with Crippen LogP contribution in [-0.2, 0) is 6.42 Å². The van der Waals surface area contributed by atoms with Crippen LogP contribution < -0.4 is 5.73 Å². The third kappa shape index (κ3) is 3.41. The molecule has 0 unspecified atom stereocenters. The Morgan fingerprint density at radius 1 is 1.10 bits per heavy atom. The smallest absolute Gasteiger partial charge is 0.132 e. The minimum atomic E-state index is -0.207. The van der Waals surface area contributed by atoms with Crippen LogP contribution in [0, 0.1) is 11.7 Å². The van der Waals surface area contributed by atoms with Gasteiger partial charge in [0.2, 0.25) is 0 Å². The van der Waals surface area contributed by atoms with Gasteiger partial charge in [-0.25, -0.2) is 9.37 Å². The highest BCUT2D eigenvalue weighted by molar-refractivity contribution is 5.62. The highest BCUT2D eigenvalue weighted by atomic mass is 19.1. The molecule has 2 N–H and O–H groups in total. The molecule has 3 heteroatoms. The molecule has 3 rings (SSSR count). The molecule has 1 aliphatic carbocycles. The molecule has 0 atom stereocenters. The number of nitrogen functional groups attached to an aromatic ring is 1. The fourth-order valence-electron chi connectivity index (χ4n) is 3.22. The Morgan fingerprint density at radius 2 is 1.90 bits per heavy atom. The monoisotopic (exact) mass is 284 g/mol. The first-order valence-electron chi connectivity index (χ1n) is 7.74. The van der Waals surface area contributed by atoms with E-state index in [4.69, 9.17) is 5.73 Å². The van der Waals surface area contributed by atoms with E-state index in [2.05, 4.69) is 4.98 Å². The lowest BCUT2D eigenvalue weighted by molar-refractivity contribution is 0.356. The Hall–Kier alpha value is -1.90. The van der Waals surface area contributed by atoms with Crippen LogP contribution in [0.5, 0.6) is 0 Å². The summed E-state index contributed by atoms with van der Waals surface area (Å²) in [6.07, 6.45) is 7.53. The summed E-state index contributed by atoms with van der Waals surface area (Å²) in [4.78, 5) is 4.19. The minimum Gasteiger partial charge on any atom is -0.384 e. The van der Waals surface area contributed by atoms with Crippen molar-refractivity contribution in [2.75, 3.05) is 5.73 Å². The average molecular weight is 284 g/mol. The van der Waals surface area contributed by atoms with Crippen LogP contribution in [0.1, 0.15) is 37.7 Å². The van der Waals surface area contributed by atoms with Crippen molar-refractivity contribution in [3.63, 3.8) is 0 Å². The van der Waals surface area contributed by atoms with Gasteiger partial charge in [0.1, 0.15) is 11.6 Å². The fourth-order valence-corrected chi connectivity index (χ4v) is 3.22. The lowest BCUT2D eigenvalue weighted by atomic mass is 9.84. The van der Waals surface area contributed by atoms with Crippen molar-refractivity contribution in [1.29, 1.82) is 0 Å². The summed E-state index contributed by atoms with van der Waals surface area (Å²) in [5.74, 6) is 0.925. The van der Waals surface area contributed by atoms with E-state index in [1.165, 1.54) is 32.1 Å². The standard InChI is InChI=1S/C18H21FN2/c19-16-12-14(11-13-5-2-1-3-6-13)9-10-15(16)17-7-4-8-18(20)21-17/h4,7-10,12-13H,1-3,5-6,11H2,(H2,20,21). The van der Waals surface area contributed by atoms with Crippen LogP contribution in [0.15, 0.2) is 36.4 Å². The summed E-state index contributed by atoms with van der Waals surface area (Å²) in [5.41, 5.74) is 7.87. The van der Waals surface area contributed by atoms with Crippen molar-refractivity contribution >= 4 is 5.82 Å². The minimum absolute atomic E-state index is 0.207. The number of hydrogen-bond acceptors (Lipinski definition) is 2. The highest BCUT2D eigenvalue weighted by Gasteiger charge is 2.15. The topological polar surface area (TPSA) is 38.9 Å². The third-order valence-corrected chi connectivity index (χ3v) is 4.33. The summed E-state index contributed by atoms with van der Waals surface area (Å²) in [6.45, 7) is 0. The maximum Gasteiger partial charge on any atom is 0.132 e. The average Bonchev–Trinajstić information content (AvgIpc) is 2.48. The number of pyridine rings is 1. The van der Waals surface area contributed by atoms with Gasteiger partial charge >= 0.3 is 0 Å². The van der Waals surface area contributed by atoms with E-state index in [1.54, 1.807) is 24.3 Å². The summed E-state index contributed by atoms with van der Waals surface area (Å²) in [5, 5.41) is 0. The molecule has 2 nitrogen and oxygen atoms in total. The molecule has 1 aliphatic rings. The molecule has 2 aromatic rings. The number of benzene rings is 1. The Bertz CT molecular complexity index is 618. The van der Waals surface area contributed by atoms with Crippen molar-refractivity contribution in [3.05, 3.63) is 47.8 Å². The molecule has 0 bridgehead atoms. The van der Waals surface area contributed by atoms with Gasteiger partial charge in [-0.2, -0.15) is 0 Å². The Balaban J connectivity index is 1.79. The van der Waals surface area contributed by atoms with Crippen molar-refractivity contribution in [3.8, 4) is 11.3 Å². The number of nitrogens with zero attached hydrogens (tertiary/aromatic N) is 1. The Kier molecular flexibility index (Phi) is 4.18. The van der Waals surface area contributed by atoms with Gasteiger partial charge in [-0.1, -0.05) is 44.2 Å². The summed E-state index contributed by atoms with van der Waals surface area (Å²) >= 11 is 0. The summed E-state index contributed by atoms with van der Waals surface area (Å²) in [6, 6.07) is 10.8. The quantitative estimate of drug-likeness (QED) is 0.895. The first-order chi connectivity index (χ1) is 10.2. The molecule has 1 heterocycles. The second kappa shape index (κ2) is 6.25. The van der Waals surface area contributed by atoms with Crippen LogP contribution in [-0.4, -0.2) is 4.98 Å². The van der Waals surface area contributed by atoms with Gasteiger partial charge < -0.3 is 5.73 Å². The number of hydrogen-bond donors (Lipinski definition) is 1. The zero-order chi connectivity index (χ0) is 14.7. The zero-order valence-corrected chi connectivity index (χ0v) is 12.2. The molecule has 0 radical (unpaired) electrons. The van der Waals surface area contributed by atoms with Crippen LogP contribution in [0.4, 0.5) is 10.2 Å². The van der Waals surface area contributed by atoms with Crippen molar-refractivity contribution < 1.29 is 4.39 Å². The molecule has 110 valence electrons. The van der Waals surface area contributed by atoms with Gasteiger partial charge in [0, 0.05) is 5.56 Å². The molecule has 0 amide bonds. The molecular formula is C18H21FN2. The van der Waals surface area contributed by atoms with E-state index in [9.17, 15) is 4.39 Å². The number of nitrogens with two attached hydrogens (primary N) is 1. The fraction of sp³-hybridized carbons (Fsp3) is 0.389. The van der Waals surface area contributed by atoms with E-state index < -0.39 is 0 Å². The van der Waals surface area contributed by atoms with Gasteiger partial charge in [0.15, 0.2) is 0 Å². The lowest BCUT2D eigenvalue weighted by Gasteiger charge is -2.21. The summed E-state index contributed by atoms with van der Waals surface area (Å²) < 4.78 is 14.3. The maximum absolute atomic E-state index is 14.3. The molecular weight excluding hydrogens is 263 g/mol. The normalized spacial score (nSPS) is 16.0. The van der Waals surface area contributed by atoms with Crippen molar-refractivity contribution in [2.45, 2.75) is 38.5 Å². The van der Waals surface area contributed by atoms with Gasteiger partial charge in [-0.3, -0.25) is 0 Å². The van der Waals surface area contributed by atoms with Crippen molar-refractivity contribution in [1.82, 2.24) is 4.98 Å². The van der Waals surface area contributed by atoms with Crippen LogP contribution >= 0.6 is 0 Å². The Labute approximate surface area is 125 Å². The first kappa shape index (κ1) is 14.1. The van der Waals surface area contributed by atoms with Crippen LogP contribution in [0.2, 0.25) is 0 Å². The third-order valence-electron chi connectivity index (χ3n) is 4.33. The second-order valence-corrected chi connectivity index (χ2v) is 5.97. The largest absolute Gasteiger partial charge is 0.384 e. The van der Waals surface area contributed by atoms with Crippen LogP contribution in [0.3, 0.4) is 0 Å².